The fraction of sp³-hybridized carbons (Fsp3) is 0.300. The van der Waals surface area contributed by atoms with Gasteiger partial charge in [-0.1, -0.05) is 23.7 Å². The summed E-state index contributed by atoms with van der Waals surface area (Å²) in [7, 11) is 0. The molecule has 1 aromatic carbocycles. The van der Waals surface area contributed by atoms with E-state index >= 15 is 0 Å². The molecule has 0 fully saturated rings. The van der Waals surface area contributed by atoms with Gasteiger partial charge < -0.3 is 0 Å². The fourth-order valence-electron chi connectivity index (χ4n) is 1.11. The Kier molecular flexibility index (Phi) is 2.88. The zero-order chi connectivity index (χ0) is 9.14. The summed E-state index contributed by atoms with van der Waals surface area (Å²) in [6.45, 7) is 3.51. The maximum atomic E-state index is 10.8. The highest BCUT2D eigenvalue weighted by atomic mass is 35.5. The first-order chi connectivity index (χ1) is 5.61. The van der Waals surface area contributed by atoms with Gasteiger partial charge in [0.15, 0.2) is 0 Å². The molecule has 0 aliphatic carbocycles. The zero-order valence-electron chi connectivity index (χ0n) is 7.23. The molecule has 0 amide bonds. The number of hydrogen-bond acceptors (Lipinski definition) is 1. The van der Waals surface area contributed by atoms with Crippen LogP contribution < -0.4 is 0 Å². The molecule has 0 unspecified atom stereocenters. The van der Waals surface area contributed by atoms with Crippen molar-refractivity contribution in [2.75, 3.05) is 0 Å². The van der Waals surface area contributed by atoms with Gasteiger partial charge in [-0.2, -0.15) is 0 Å². The van der Waals surface area contributed by atoms with Crippen LogP contribution in [0.5, 0.6) is 0 Å². The van der Waals surface area contributed by atoms with Crippen LogP contribution in [0.2, 0.25) is 5.02 Å². The Bertz CT molecular complexity index is 305. The molecule has 1 rings (SSSR count). The highest BCUT2D eigenvalue weighted by Crippen LogP contribution is 2.18. The van der Waals surface area contributed by atoms with E-state index in [4.69, 9.17) is 11.6 Å². The number of halogens is 1. The van der Waals surface area contributed by atoms with Crippen LogP contribution in [0.3, 0.4) is 0 Å². The maximum absolute atomic E-state index is 10.8. The van der Waals surface area contributed by atoms with Gasteiger partial charge >= 0.3 is 0 Å². The first-order valence-corrected chi connectivity index (χ1v) is 4.22. The first kappa shape index (κ1) is 9.27. The Hall–Kier alpha value is -0.820. The Labute approximate surface area is 77.4 Å². The SMILES string of the molecule is CC(=O)Cc1cccc(Cl)c1C. The van der Waals surface area contributed by atoms with Crippen LogP contribution in [0.15, 0.2) is 18.2 Å². The van der Waals surface area contributed by atoms with Crippen molar-refractivity contribution in [3.63, 3.8) is 0 Å². The van der Waals surface area contributed by atoms with E-state index in [0.29, 0.717) is 6.42 Å². The van der Waals surface area contributed by atoms with Crippen LogP contribution in [0.25, 0.3) is 0 Å². The van der Waals surface area contributed by atoms with Gasteiger partial charge in [0.2, 0.25) is 0 Å². The molecule has 64 valence electrons. The average molecular weight is 183 g/mol. The highest BCUT2D eigenvalue weighted by Gasteiger charge is 2.03. The minimum absolute atomic E-state index is 0.167. The second-order valence-corrected chi connectivity index (χ2v) is 3.31. The standard InChI is InChI=1S/C10H11ClO/c1-7(12)6-9-4-3-5-10(11)8(9)2/h3-5H,6H2,1-2H3. The van der Waals surface area contributed by atoms with E-state index in [1.807, 2.05) is 25.1 Å². The zero-order valence-corrected chi connectivity index (χ0v) is 7.98. The van der Waals surface area contributed by atoms with Crippen molar-refractivity contribution < 1.29 is 4.79 Å². The number of Topliss-reactive ketones (excluding diaryl/α,β-unsaturated/α-hetero) is 1. The summed E-state index contributed by atoms with van der Waals surface area (Å²) < 4.78 is 0. The van der Waals surface area contributed by atoms with Crippen molar-refractivity contribution in [3.8, 4) is 0 Å². The molecule has 0 atom stereocenters. The van der Waals surface area contributed by atoms with Gasteiger partial charge in [-0.3, -0.25) is 4.79 Å². The number of carbonyl (C=O) groups excluding carboxylic acids is 1. The highest BCUT2D eigenvalue weighted by molar-refractivity contribution is 6.31. The number of benzene rings is 1. The minimum atomic E-state index is 0.167. The molecule has 1 nitrogen and oxygen atoms in total. The summed E-state index contributed by atoms with van der Waals surface area (Å²) >= 11 is 5.89. The summed E-state index contributed by atoms with van der Waals surface area (Å²) in [4.78, 5) is 10.8. The number of carbonyl (C=O) groups is 1. The third-order valence-electron chi connectivity index (χ3n) is 1.82. The van der Waals surface area contributed by atoms with Gasteiger partial charge in [-0.15, -0.1) is 0 Å². The predicted octanol–water partition coefficient (Wildman–Crippen LogP) is 2.78. The molecular weight excluding hydrogens is 172 g/mol. The Morgan fingerprint density at radius 2 is 2.17 bits per heavy atom. The van der Waals surface area contributed by atoms with Gasteiger partial charge in [0.05, 0.1) is 0 Å². The van der Waals surface area contributed by atoms with Crippen molar-refractivity contribution in [1.82, 2.24) is 0 Å². The monoisotopic (exact) mass is 182 g/mol. The second-order valence-electron chi connectivity index (χ2n) is 2.90. The molecule has 0 aliphatic heterocycles. The van der Waals surface area contributed by atoms with E-state index in [9.17, 15) is 4.79 Å². The van der Waals surface area contributed by atoms with Gasteiger partial charge in [0, 0.05) is 11.4 Å². The van der Waals surface area contributed by atoms with Crippen LogP contribution in [0.1, 0.15) is 18.1 Å². The van der Waals surface area contributed by atoms with Crippen LogP contribution in [0, 0.1) is 6.92 Å². The second kappa shape index (κ2) is 3.72. The van der Waals surface area contributed by atoms with E-state index in [1.165, 1.54) is 0 Å². The minimum Gasteiger partial charge on any atom is -0.300 e. The van der Waals surface area contributed by atoms with E-state index < -0.39 is 0 Å². The smallest absolute Gasteiger partial charge is 0.134 e. The van der Waals surface area contributed by atoms with Crippen molar-refractivity contribution in [2.45, 2.75) is 20.3 Å². The van der Waals surface area contributed by atoms with Crippen LogP contribution in [-0.2, 0) is 11.2 Å². The maximum Gasteiger partial charge on any atom is 0.134 e. The van der Waals surface area contributed by atoms with Gasteiger partial charge in [0.1, 0.15) is 5.78 Å². The topological polar surface area (TPSA) is 17.1 Å². The Balaban J connectivity index is 3.00. The summed E-state index contributed by atoms with van der Waals surface area (Å²) in [5, 5.41) is 0.730. The summed E-state index contributed by atoms with van der Waals surface area (Å²) in [6, 6.07) is 5.64. The van der Waals surface area contributed by atoms with Crippen molar-refractivity contribution >= 4 is 17.4 Å². The fourth-order valence-corrected chi connectivity index (χ4v) is 1.31. The van der Waals surface area contributed by atoms with E-state index in [1.54, 1.807) is 6.92 Å². The summed E-state index contributed by atoms with van der Waals surface area (Å²) in [5.74, 6) is 0.167. The van der Waals surface area contributed by atoms with Crippen molar-refractivity contribution in [1.29, 1.82) is 0 Å². The average Bonchev–Trinajstić information content (AvgIpc) is 1.98. The van der Waals surface area contributed by atoms with Crippen LogP contribution >= 0.6 is 11.6 Å². The molecule has 0 heterocycles. The molecule has 0 N–H and O–H groups in total. The summed E-state index contributed by atoms with van der Waals surface area (Å²) in [6.07, 6.45) is 0.479. The van der Waals surface area contributed by atoms with E-state index in [-0.39, 0.29) is 5.78 Å². The molecule has 0 aliphatic rings. The molecule has 0 bridgehead atoms. The largest absolute Gasteiger partial charge is 0.300 e. The van der Waals surface area contributed by atoms with Crippen LogP contribution in [0.4, 0.5) is 0 Å². The predicted molar refractivity (Wildman–Crippen MR) is 50.6 cm³/mol. The third kappa shape index (κ3) is 2.08. The molecule has 0 radical (unpaired) electrons. The molecule has 1 aromatic rings. The van der Waals surface area contributed by atoms with Crippen molar-refractivity contribution in [3.05, 3.63) is 34.3 Å². The molecule has 12 heavy (non-hydrogen) atoms. The van der Waals surface area contributed by atoms with Gasteiger partial charge in [-0.25, -0.2) is 0 Å². The lowest BCUT2D eigenvalue weighted by Crippen LogP contribution is -1.98. The molecule has 0 saturated heterocycles. The Morgan fingerprint density at radius 1 is 1.50 bits per heavy atom. The lowest BCUT2D eigenvalue weighted by Gasteiger charge is -2.04. The molecule has 0 saturated carbocycles. The van der Waals surface area contributed by atoms with Crippen LogP contribution in [-0.4, -0.2) is 5.78 Å². The number of ketones is 1. The normalized spacial score (nSPS) is 9.92. The molecular formula is C10H11ClO. The summed E-state index contributed by atoms with van der Waals surface area (Å²) in [5.41, 5.74) is 2.03. The molecule has 0 aromatic heterocycles. The number of hydrogen-bond donors (Lipinski definition) is 0. The molecule has 2 heteroatoms. The van der Waals surface area contributed by atoms with Crippen molar-refractivity contribution in [2.24, 2.45) is 0 Å². The van der Waals surface area contributed by atoms with E-state index in [0.717, 1.165) is 16.1 Å². The van der Waals surface area contributed by atoms with E-state index in [2.05, 4.69) is 0 Å². The van der Waals surface area contributed by atoms with Gasteiger partial charge in [0.25, 0.3) is 0 Å². The lowest BCUT2D eigenvalue weighted by atomic mass is 10.0. The lowest BCUT2D eigenvalue weighted by molar-refractivity contribution is -0.116. The molecule has 0 spiro atoms. The third-order valence-corrected chi connectivity index (χ3v) is 2.23. The van der Waals surface area contributed by atoms with Gasteiger partial charge in [-0.05, 0) is 31.0 Å². The quantitative estimate of drug-likeness (QED) is 0.688. The number of rotatable bonds is 2. The Morgan fingerprint density at radius 3 is 2.75 bits per heavy atom. The first-order valence-electron chi connectivity index (χ1n) is 3.84.